The minimum atomic E-state index is -0.454. The number of amides is 2. The van der Waals surface area contributed by atoms with Gasteiger partial charge >= 0.3 is 0 Å². The van der Waals surface area contributed by atoms with Crippen LogP contribution in [-0.4, -0.2) is 22.0 Å². The molecule has 5 rings (SSSR count). The maximum atomic E-state index is 13.0. The van der Waals surface area contributed by atoms with E-state index >= 15 is 0 Å². The average Bonchev–Trinajstić information content (AvgIpc) is 3.54. The molecule has 1 saturated carbocycles. The molecule has 30 heavy (non-hydrogen) atoms. The minimum absolute atomic E-state index is 0.154. The third-order valence-electron chi connectivity index (χ3n) is 5.57. The second-order valence-corrected chi connectivity index (χ2v) is 7.47. The Hall–Kier alpha value is -3.81. The molecule has 8 heteroatoms. The van der Waals surface area contributed by atoms with Crippen LogP contribution in [-0.2, 0) is 5.54 Å². The summed E-state index contributed by atoms with van der Waals surface area (Å²) in [5, 5.41) is 12.6. The Labute approximate surface area is 171 Å². The fourth-order valence-corrected chi connectivity index (χ4v) is 4.09. The van der Waals surface area contributed by atoms with Gasteiger partial charge < -0.3 is 14.2 Å². The molecule has 1 aliphatic carbocycles. The van der Waals surface area contributed by atoms with Crippen molar-refractivity contribution in [1.82, 2.24) is 15.5 Å². The van der Waals surface area contributed by atoms with Crippen LogP contribution in [0.5, 0.6) is 0 Å². The number of H-pyrrole nitrogens is 1. The number of rotatable bonds is 5. The third kappa shape index (κ3) is 3.16. The molecule has 8 nitrogen and oxygen atoms in total. The number of nitrogens with zero attached hydrogens (tertiary/aromatic N) is 1. The van der Waals surface area contributed by atoms with E-state index in [1.165, 1.54) is 6.26 Å². The number of aromatic nitrogens is 2. The molecule has 152 valence electrons. The van der Waals surface area contributed by atoms with Gasteiger partial charge in [0.1, 0.15) is 5.52 Å². The third-order valence-corrected chi connectivity index (χ3v) is 5.57. The predicted octanol–water partition coefficient (Wildman–Crippen LogP) is 4.20. The van der Waals surface area contributed by atoms with Crippen molar-refractivity contribution in [2.45, 2.75) is 31.2 Å². The highest BCUT2D eigenvalue weighted by atomic mass is 16.4. The van der Waals surface area contributed by atoms with Gasteiger partial charge in [0.15, 0.2) is 22.9 Å². The summed E-state index contributed by atoms with van der Waals surface area (Å²) in [7, 11) is 0. The fourth-order valence-electron chi connectivity index (χ4n) is 4.09. The Balaban J connectivity index is 1.39. The maximum Gasteiger partial charge on any atom is 0.292 e. The lowest BCUT2D eigenvalue weighted by Crippen LogP contribution is -2.43. The van der Waals surface area contributed by atoms with Crippen molar-refractivity contribution in [2.75, 3.05) is 5.32 Å². The molecule has 3 aromatic heterocycles. The molecule has 4 aromatic rings. The highest BCUT2D eigenvalue weighted by Crippen LogP contribution is 2.39. The van der Waals surface area contributed by atoms with E-state index in [1.807, 2.05) is 30.3 Å². The van der Waals surface area contributed by atoms with Gasteiger partial charge in [-0.15, -0.1) is 0 Å². The van der Waals surface area contributed by atoms with Crippen molar-refractivity contribution in [3.05, 3.63) is 71.9 Å². The quantitative estimate of drug-likeness (QED) is 0.461. The summed E-state index contributed by atoms with van der Waals surface area (Å²) in [4.78, 5) is 25.2. The lowest BCUT2D eigenvalue weighted by molar-refractivity contribution is 0.0871. The van der Waals surface area contributed by atoms with Gasteiger partial charge in [0.05, 0.1) is 11.8 Å². The predicted molar refractivity (Wildman–Crippen MR) is 109 cm³/mol. The molecular weight excluding hydrogens is 384 g/mol. The van der Waals surface area contributed by atoms with E-state index in [-0.39, 0.29) is 23.2 Å². The molecule has 0 unspecified atom stereocenters. The number of carbonyl (C=O) groups is 2. The average molecular weight is 404 g/mol. The number of fused-ring (bicyclic) bond motifs is 1. The standard InChI is InChI=1S/C22H20N4O4/c27-20(16-9-6-12-29-16)23-19-18-15(25-26-19)13-17(30-18)21(28)24-22(10-4-5-11-22)14-7-2-1-3-8-14/h1-3,6-9,12-13H,4-5,10-11H2,(H,24,28)(H2,23,25,26,27). The van der Waals surface area contributed by atoms with Crippen LogP contribution in [0.2, 0.25) is 0 Å². The van der Waals surface area contributed by atoms with Crippen LogP contribution >= 0.6 is 0 Å². The molecule has 0 radical (unpaired) electrons. The fraction of sp³-hybridized carbons (Fsp3) is 0.227. The molecule has 0 atom stereocenters. The summed E-state index contributed by atoms with van der Waals surface area (Å²) >= 11 is 0. The molecule has 3 heterocycles. The largest absolute Gasteiger partial charge is 0.459 e. The molecule has 1 aliphatic rings. The van der Waals surface area contributed by atoms with Crippen LogP contribution in [0, 0.1) is 0 Å². The van der Waals surface area contributed by atoms with E-state index in [2.05, 4.69) is 20.8 Å². The van der Waals surface area contributed by atoms with Crippen molar-refractivity contribution in [2.24, 2.45) is 0 Å². The number of carbonyl (C=O) groups excluding carboxylic acids is 2. The van der Waals surface area contributed by atoms with Crippen LogP contribution < -0.4 is 10.6 Å². The summed E-state index contributed by atoms with van der Waals surface area (Å²) in [5.41, 5.74) is 1.53. The van der Waals surface area contributed by atoms with Gasteiger partial charge in [-0.2, -0.15) is 5.10 Å². The number of anilines is 1. The zero-order valence-corrected chi connectivity index (χ0v) is 16.1. The Morgan fingerprint density at radius 3 is 2.53 bits per heavy atom. The van der Waals surface area contributed by atoms with Gasteiger partial charge in [0, 0.05) is 6.07 Å². The first-order chi connectivity index (χ1) is 14.6. The number of benzene rings is 1. The number of hydrogen-bond acceptors (Lipinski definition) is 5. The molecule has 0 aliphatic heterocycles. The SMILES string of the molecule is O=C(Nc1n[nH]c2cc(C(=O)NC3(c4ccccc4)CCCC3)oc12)c1ccco1. The lowest BCUT2D eigenvalue weighted by atomic mass is 9.88. The van der Waals surface area contributed by atoms with Crippen LogP contribution in [0.15, 0.2) is 63.6 Å². The van der Waals surface area contributed by atoms with Crippen LogP contribution in [0.4, 0.5) is 5.82 Å². The number of nitrogens with one attached hydrogen (secondary N) is 3. The van der Waals surface area contributed by atoms with Crippen molar-refractivity contribution in [1.29, 1.82) is 0 Å². The Morgan fingerprint density at radius 2 is 1.80 bits per heavy atom. The Morgan fingerprint density at radius 1 is 1.00 bits per heavy atom. The highest BCUT2D eigenvalue weighted by molar-refractivity contribution is 6.06. The first kappa shape index (κ1) is 18.2. The zero-order valence-electron chi connectivity index (χ0n) is 16.1. The van der Waals surface area contributed by atoms with E-state index in [9.17, 15) is 9.59 Å². The molecule has 2 amide bonds. The minimum Gasteiger partial charge on any atom is -0.459 e. The number of hydrogen-bond donors (Lipinski definition) is 3. The van der Waals surface area contributed by atoms with Crippen molar-refractivity contribution in [3.63, 3.8) is 0 Å². The molecule has 0 spiro atoms. The molecule has 0 bridgehead atoms. The lowest BCUT2D eigenvalue weighted by Gasteiger charge is -2.30. The second-order valence-electron chi connectivity index (χ2n) is 7.47. The van der Waals surface area contributed by atoms with Crippen molar-refractivity contribution >= 4 is 28.7 Å². The molecule has 0 saturated heterocycles. The van der Waals surface area contributed by atoms with Crippen LogP contribution in [0.1, 0.15) is 52.4 Å². The van der Waals surface area contributed by atoms with E-state index < -0.39 is 11.4 Å². The van der Waals surface area contributed by atoms with E-state index in [0.717, 1.165) is 31.2 Å². The van der Waals surface area contributed by atoms with E-state index in [1.54, 1.807) is 18.2 Å². The van der Waals surface area contributed by atoms with Gasteiger partial charge in [-0.25, -0.2) is 0 Å². The number of furan rings is 2. The second kappa shape index (κ2) is 7.22. The van der Waals surface area contributed by atoms with Gasteiger partial charge in [0.2, 0.25) is 0 Å². The summed E-state index contributed by atoms with van der Waals surface area (Å²) in [6, 6.07) is 14.8. The monoisotopic (exact) mass is 404 g/mol. The van der Waals surface area contributed by atoms with Gasteiger partial charge in [-0.3, -0.25) is 20.0 Å². The maximum absolute atomic E-state index is 13.0. The smallest absolute Gasteiger partial charge is 0.292 e. The van der Waals surface area contributed by atoms with E-state index in [4.69, 9.17) is 8.83 Å². The summed E-state index contributed by atoms with van der Waals surface area (Å²) < 4.78 is 10.8. The Kier molecular flexibility index (Phi) is 4.39. The van der Waals surface area contributed by atoms with Crippen LogP contribution in [0.25, 0.3) is 11.1 Å². The molecular formula is C22H20N4O4. The van der Waals surface area contributed by atoms with Crippen LogP contribution in [0.3, 0.4) is 0 Å². The highest BCUT2D eigenvalue weighted by Gasteiger charge is 2.37. The first-order valence-electron chi connectivity index (χ1n) is 9.85. The van der Waals surface area contributed by atoms with Crippen molar-refractivity contribution in [3.8, 4) is 0 Å². The Bertz CT molecular complexity index is 1180. The zero-order chi connectivity index (χ0) is 20.6. The van der Waals surface area contributed by atoms with Gasteiger partial charge in [-0.1, -0.05) is 43.2 Å². The summed E-state index contributed by atoms with van der Waals surface area (Å²) in [5.74, 6) is -0.237. The number of aromatic amines is 1. The molecule has 1 fully saturated rings. The summed E-state index contributed by atoms with van der Waals surface area (Å²) in [6.45, 7) is 0. The summed E-state index contributed by atoms with van der Waals surface area (Å²) in [6.07, 6.45) is 5.29. The van der Waals surface area contributed by atoms with E-state index in [0.29, 0.717) is 11.1 Å². The normalized spacial score (nSPS) is 15.3. The topological polar surface area (TPSA) is 113 Å². The van der Waals surface area contributed by atoms with Gasteiger partial charge in [-0.05, 0) is 30.5 Å². The van der Waals surface area contributed by atoms with Gasteiger partial charge in [0.25, 0.3) is 11.8 Å². The molecule has 3 N–H and O–H groups in total. The van der Waals surface area contributed by atoms with Crippen molar-refractivity contribution < 1.29 is 18.4 Å². The first-order valence-corrected chi connectivity index (χ1v) is 9.85. The molecule has 1 aromatic carbocycles.